The number of aryl methyl sites for hydroxylation is 1. The molecule has 26 heavy (non-hydrogen) atoms. The van der Waals surface area contributed by atoms with Gasteiger partial charge in [0, 0.05) is 10.7 Å². The second-order valence-corrected chi connectivity index (χ2v) is 7.00. The number of carbonyl (C=O) groups excluding carboxylic acids is 2. The van der Waals surface area contributed by atoms with Crippen LogP contribution in [0, 0.1) is 6.92 Å². The van der Waals surface area contributed by atoms with Crippen LogP contribution in [0.3, 0.4) is 0 Å². The molecule has 0 saturated carbocycles. The summed E-state index contributed by atoms with van der Waals surface area (Å²) in [5.41, 5.74) is 2.88. The average Bonchev–Trinajstić information content (AvgIpc) is 2.57. The summed E-state index contributed by atoms with van der Waals surface area (Å²) in [7, 11) is 1.82. The Balaban J connectivity index is 1.78. The van der Waals surface area contributed by atoms with Gasteiger partial charge in [-0.05, 0) is 43.7 Å². The number of nitrogens with one attached hydrogen (secondary N) is 3. The van der Waals surface area contributed by atoms with E-state index in [0.29, 0.717) is 5.02 Å². The Morgan fingerprint density at radius 3 is 2.19 bits per heavy atom. The molecule has 2 rings (SSSR count). The Labute approximate surface area is 159 Å². The van der Waals surface area contributed by atoms with Gasteiger partial charge in [0.15, 0.2) is 13.1 Å². The van der Waals surface area contributed by atoms with Crippen molar-refractivity contribution >= 4 is 29.1 Å². The molecule has 6 heteroatoms. The van der Waals surface area contributed by atoms with Crippen molar-refractivity contribution in [1.29, 1.82) is 0 Å². The fourth-order valence-electron chi connectivity index (χ4n) is 2.58. The number of halogens is 1. The highest BCUT2D eigenvalue weighted by Gasteiger charge is 2.16. The smallest absolute Gasteiger partial charge is 0.279 e. The van der Waals surface area contributed by atoms with Crippen LogP contribution in [0.25, 0.3) is 0 Å². The fourth-order valence-corrected chi connectivity index (χ4v) is 2.71. The predicted molar refractivity (Wildman–Crippen MR) is 104 cm³/mol. The van der Waals surface area contributed by atoms with E-state index in [1.54, 1.807) is 12.1 Å². The number of likely N-dealkylation sites (N-methyl/N-ethyl adjacent to an activating group) is 1. The Morgan fingerprint density at radius 1 is 1.00 bits per heavy atom. The molecule has 2 atom stereocenters. The second-order valence-electron chi connectivity index (χ2n) is 6.57. The van der Waals surface area contributed by atoms with Crippen molar-refractivity contribution in [1.82, 2.24) is 5.32 Å². The molecule has 0 radical (unpaired) electrons. The molecule has 0 aliphatic carbocycles. The minimum absolute atomic E-state index is 0.104. The summed E-state index contributed by atoms with van der Waals surface area (Å²) < 4.78 is 0. The number of anilines is 1. The van der Waals surface area contributed by atoms with Crippen LogP contribution in [-0.2, 0) is 9.59 Å². The molecular weight excluding hydrogens is 350 g/mol. The van der Waals surface area contributed by atoms with E-state index in [4.69, 9.17) is 11.6 Å². The summed E-state index contributed by atoms with van der Waals surface area (Å²) in [5, 5.41) is 6.45. The molecule has 0 saturated heterocycles. The lowest BCUT2D eigenvalue weighted by Crippen LogP contribution is -3.11. The second kappa shape index (κ2) is 9.36. The monoisotopic (exact) mass is 374 g/mol. The molecule has 0 heterocycles. The Bertz CT molecular complexity index is 745. The van der Waals surface area contributed by atoms with Gasteiger partial charge in [-0.25, -0.2) is 0 Å². The molecule has 0 aromatic heterocycles. The molecule has 0 fully saturated rings. The van der Waals surface area contributed by atoms with Crippen molar-refractivity contribution in [3.63, 3.8) is 0 Å². The van der Waals surface area contributed by atoms with E-state index in [-0.39, 0.29) is 30.9 Å². The Morgan fingerprint density at radius 2 is 1.58 bits per heavy atom. The number of hydrogen-bond acceptors (Lipinski definition) is 2. The van der Waals surface area contributed by atoms with Gasteiger partial charge in [0.25, 0.3) is 11.8 Å². The van der Waals surface area contributed by atoms with Gasteiger partial charge < -0.3 is 15.5 Å². The molecule has 3 N–H and O–H groups in total. The van der Waals surface area contributed by atoms with Crippen LogP contribution in [-0.4, -0.2) is 32.0 Å². The highest BCUT2D eigenvalue weighted by atomic mass is 35.5. The maximum atomic E-state index is 12.2. The number of hydrogen-bond donors (Lipinski definition) is 3. The van der Waals surface area contributed by atoms with Gasteiger partial charge in [0.1, 0.15) is 0 Å². The van der Waals surface area contributed by atoms with E-state index < -0.39 is 0 Å². The minimum Gasteiger partial charge on any atom is -0.345 e. The van der Waals surface area contributed by atoms with Gasteiger partial charge in [0.05, 0.1) is 13.1 Å². The molecule has 1 unspecified atom stereocenters. The van der Waals surface area contributed by atoms with Crippen molar-refractivity contribution in [2.24, 2.45) is 0 Å². The summed E-state index contributed by atoms with van der Waals surface area (Å²) in [5.74, 6) is -0.224. The van der Waals surface area contributed by atoms with E-state index in [1.165, 1.54) is 0 Å². The molecule has 0 aliphatic heterocycles. The van der Waals surface area contributed by atoms with Crippen LogP contribution in [0.5, 0.6) is 0 Å². The van der Waals surface area contributed by atoms with E-state index in [1.807, 2.05) is 57.3 Å². The maximum absolute atomic E-state index is 12.2. The highest BCUT2D eigenvalue weighted by molar-refractivity contribution is 6.30. The van der Waals surface area contributed by atoms with E-state index in [2.05, 4.69) is 10.6 Å². The van der Waals surface area contributed by atoms with Gasteiger partial charge >= 0.3 is 0 Å². The van der Waals surface area contributed by atoms with Crippen molar-refractivity contribution in [2.45, 2.75) is 19.9 Å². The first-order chi connectivity index (χ1) is 12.3. The third-order valence-electron chi connectivity index (χ3n) is 4.01. The largest absolute Gasteiger partial charge is 0.345 e. The van der Waals surface area contributed by atoms with Gasteiger partial charge in [0.2, 0.25) is 0 Å². The van der Waals surface area contributed by atoms with E-state index in [0.717, 1.165) is 21.7 Å². The third kappa shape index (κ3) is 6.50. The summed E-state index contributed by atoms with van der Waals surface area (Å²) in [6.07, 6.45) is 0. The number of rotatable bonds is 7. The molecule has 0 bridgehead atoms. The number of amides is 2. The van der Waals surface area contributed by atoms with Crippen molar-refractivity contribution in [2.75, 3.05) is 25.5 Å². The molecule has 0 aliphatic rings. The van der Waals surface area contributed by atoms with Gasteiger partial charge in [-0.15, -0.1) is 0 Å². The standard InChI is InChI=1S/C20H24ClN3O2/c1-14-4-10-18(11-5-14)23-20(26)13-24(3)12-19(25)22-15(2)16-6-8-17(21)9-7-16/h4-11,15H,12-13H2,1-3H3,(H,22,25)(H,23,26)/p+1/t15-/m0/s1. The first-order valence-electron chi connectivity index (χ1n) is 8.56. The van der Waals surface area contributed by atoms with Crippen molar-refractivity contribution < 1.29 is 14.5 Å². The minimum atomic E-state index is -0.120. The van der Waals surface area contributed by atoms with Gasteiger partial charge in [-0.3, -0.25) is 9.59 Å². The zero-order valence-corrected chi connectivity index (χ0v) is 16.1. The van der Waals surface area contributed by atoms with Gasteiger partial charge in [-0.1, -0.05) is 41.4 Å². The fraction of sp³-hybridized carbons (Fsp3) is 0.300. The Hall–Kier alpha value is -2.37. The van der Waals surface area contributed by atoms with Gasteiger partial charge in [-0.2, -0.15) is 0 Å². The predicted octanol–water partition coefficient (Wildman–Crippen LogP) is 1.98. The summed E-state index contributed by atoms with van der Waals surface area (Å²) >= 11 is 5.88. The molecular formula is C20H25ClN3O2+. The third-order valence-corrected chi connectivity index (χ3v) is 4.26. The Kier molecular flexibility index (Phi) is 7.18. The SMILES string of the molecule is Cc1ccc(NC(=O)C[NH+](C)CC(=O)N[C@@H](C)c2ccc(Cl)cc2)cc1. The highest BCUT2D eigenvalue weighted by Crippen LogP contribution is 2.15. The lowest BCUT2D eigenvalue weighted by atomic mass is 10.1. The number of quaternary nitrogens is 1. The molecule has 2 aromatic rings. The average molecular weight is 375 g/mol. The molecule has 138 valence electrons. The normalized spacial score (nSPS) is 12.9. The first kappa shape index (κ1) is 19.9. The van der Waals surface area contributed by atoms with Crippen molar-refractivity contribution in [3.8, 4) is 0 Å². The van der Waals surface area contributed by atoms with Crippen molar-refractivity contribution in [3.05, 3.63) is 64.7 Å². The summed E-state index contributed by atoms with van der Waals surface area (Å²) in [4.78, 5) is 25.1. The zero-order valence-electron chi connectivity index (χ0n) is 15.3. The summed E-state index contributed by atoms with van der Waals surface area (Å²) in [6.45, 7) is 4.35. The topological polar surface area (TPSA) is 62.6 Å². The quantitative estimate of drug-likeness (QED) is 0.694. The maximum Gasteiger partial charge on any atom is 0.279 e. The van der Waals surface area contributed by atoms with Crippen LogP contribution in [0.4, 0.5) is 5.69 Å². The van der Waals surface area contributed by atoms with Crippen LogP contribution in [0.15, 0.2) is 48.5 Å². The number of benzene rings is 2. The van der Waals surface area contributed by atoms with E-state index in [9.17, 15) is 9.59 Å². The summed E-state index contributed by atoms with van der Waals surface area (Å²) in [6, 6.07) is 14.9. The molecule has 2 amide bonds. The lowest BCUT2D eigenvalue weighted by Gasteiger charge is -2.17. The molecule has 0 spiro atoms. The molecule has 2 aromatic carbocycles. The number of carbonyl (C=O) groups is 2. The van der Waals surface area contributed by atoms with Crippen LogP contribution in [0.2, 0.25) is 5.02 Å². The first-order valence-corrected chi connectivity index (χ1v) is 8.94. The van der Waals surface area contributed by atoms with Crippen LogP contribution < -0.4 is 15.5 Å². The zero-order chi connectivity index (χ0) is 19.1. The van der Waals surface area contributed by atoms with E-state index >= 15 is 0 Å². The van der Waals surface area contributed by atoms with Crippen LogP contribution in [0.1, 0.15) is 24.1 Å². The molecule has 5 nitrogen and oxygen atoms in total. The lowest BCUT2D eigenvalue weighted by molar-refractivity contribution is -0.862. The van der Waals surface area contributed by atoms with Crippen LogP contribution >= 0.6 is 11.6 Å².